The van der Waals surface area contributed by atoms with E-state index >= 15 is 0 Å². The number of hydrogen-bond donors (Lipinski definition) is 3. The highest BCUT2D eigenvalue weighted by molar-refractivity contribution is 5.65. The first-order chi connectivity index (χ1) is 9.01. The standard InChI is InChI=1S/C11H17N5O3/c1-15(11(18)19)8-2-3-16(5-8)9-4-7(6-17)13-10(12)14-9/h4,8,17H,2-3,5-6H2,1H3,(H,18,19)(H2,12,13,14). The number of aromatic nitrogens is 2. The smallest absolute Gasteiger partial charge is 0.407 e. The molecular weight excluding hydrogens is 250 g/mol. The summed E-state index contributed by atoms with van der Waals surface area (Å²) in [5.41, 5.74) is 6.04. The van der Waals surface area contributed by atoms with Crippen molar-refractivity contribution in [1.29, 1.82) is 0 Å². The number of aliphatic hydroxyl groups excluding tert-OH is 1. The molecule has 1 atom stereocenters. The highest BCUT2D eigenvalue weighted by Gasteiger charge is 2.29. The van der Waals surface area contributed by atoms with Gasteiger partial charge in [-0.05, 0) is 6.42 Å². The minimum atomic E-state index is -0.940. The van der Waals surface area contributed by atoms with Gasteiger partial charge in [-0.15, -0.1) is 0 Å². The number of hydrogen-bond acceptors (Lipinski definition) is 6. The molecule has 104 valence electrons. The summed E-state index contributed by atoms with van der Waals surface area (Å²) in [4.78, 5) is 22.2. The van der Waals surface area contributed by atoms with Gasteiger partial charge in [0.25, 0.3) is 0 Å². The predicted octanol–water partition coefficient (Wildman–Crippen LogP) is -0.260. The van der Waals surface area contributed by atoms with Crippen molar-refractivity contribution in [3.05, 3.63) is 11.8 Å². The van der Waals surface area contributed by atoms with E-state index in [1.54, 1.807) is 13.1 Å². The number of amides is 1. The highest BCUT2D eigenvalue weighted by atomic mass is 16.4. The maximum absolute atomic E-state index is 10.9. The second-order valence-electron chi connectivity index (χ2n) is 4.52. The molecule has 2 rings (SSSR count). The van der Waals surface area contributed by atoms with E-state index in [0.717, 1.165) is 6.42 Å². The molecule has 0 bridgehead atoms. The molecule has 1 aromatic heterocycles. The summed E-state index contributed by atoms with van der Waals surface area (Å²) in [5, 5.41) is 18.0. The maximum atomic E-state index is 10.9. The highest BCUT2D eigenvalue weighted by Crippen LogP contribution is 2.22. The number of nitrogens with two attached hydrogens (primary N) is 1. The number of likely N-dealkylation sites (N-methyl/N-ethyl adjacent to an activating group) is 1. The van der Waals surface area contributed by atoms with E-state index in [-0.39, 0.29) is 18.6 Å². The Morgan fingerprint density at radius 2 is 2.37 bits per heavy atom. The zero-order chi connectivity index (χ0) is 14.0. The fraction of sp³-hybridized carbons (Fsp3) is 0.545. The molecule has 4 N–H and O–H groups in total. The third kappa shape index (κ3) is 2.84. The molecule has 1 fully saturated rings. The largest absolute Gasteiger partial charge is 0.465 e. The summed E-state index contributed by atoms with van der Waals surface area (Å²) in [6.45, 7) is 1.06. The van der Waals surface area contributed by atoms with Crippen LogP contribution in [0.4, 0.5) is 16.6 Å². The zero-order valence-corrected chi connectivity index (χ0v) is 10.7. The van der Waals surface area contributed by atoms with Gasteiger partial charge in [-0.2, -0.15) is 4.98 Å². The Balaban J connectivity index is 2.12. The molecule has 1 aliphatic rings. The zero-order valence-electron chi connectivity index (χ0n) is 10.7. The fourth-order valence-corrected chi connectivity index (χ4v) is 2.17. The SMILES string of the molecule is CN(C(=O)O)C1CCN(c2cc(CO)nc(N)n2)C1. The molecular formula is C11H17N5O3. The molecule has 0 saturated carbocycles. The van der Waals surface area contributed by atoms with Crippen LogP contribution >= 0.6 is 0 Å². The number of rotatable bonds is 3. The van der Waals surface area contributed by atoms with Crippen molar-refractivity contribution < 1.29 is 15.0 Å². The van der Waals surface area contributed by atoms with Crippen LogP contribution in [0.1, 0.15) is 12.1 Å². The van der Waals surface area contributed by atoms with E-state index < -0.39 is 6.09 Å². The lowest BCUT2D eigenvalue weighted by Crippen LogP contribution is -2.38. The Morgan fingerprint density at radius 1 is 1.63 bits per heavy atom. The predicted molar refractivity (Wildman–Crippen MR) is 68.8 cm³/mol. The summed E-state index contributed by atoms with van der Waals surface area (Å²) >= 11 is 0. The average Bonchev–Trinajstić information content (AvgIpc) is 2.86. The lowest BCUT2D eigenvalue weighted by atomic mass is 10.2. The maximum Gasteiger partial charge on any atom is 0.407 e. The molecule has 8 nitrogen and oxygen atoms in total. The van der Waals surface area contributed by atoms with Crippen molar-refractivity contribution >= 4 is 17.9 Å². The Bertz CT molecular complexity index is 481. The van der Waals surface area contributed by atoms with Gasteiger partial charge in [-0.25, -0.2) is 9.78 Å². The molecule has 1 saturated heterocycles. The Morgan fingerprint density at radius 3 is 3.00 bits per heavy atom. The number of nitrogen functional groups attached to an aromatic ring is 1. The molecule has 0 spiro atoms. The molecule has 1 aromatic rings. The number of nitrogens with zero attached hydrogens (tertiary/aromatic N) is 4. The van der Waals surface area contributed by atoms with Crippen LogP contribution < -0.4 is 10.6 Å². The number of aliphatic hydroxyl groups is 1. The Labute approximate surface area is 110 Å². The third-order valence-electron chi connectivity index (χ3n) is 3.28. The Kier molecular flexibility index (Phi) is 3.70. The fourth-order valence-electron chi connectivity index (χ4n) is 2.17. The molecule has 2 heterocycles. The molecule has 0 aliphatic carbocycles. The lowest BCUT2D eigenvalue weighted by molar-refractivity contribution is 0.142. The van der Waals surface area contributed by atoms with Crippen LogP contribution in [0.5, 0.6) is 0 Å². The van der Waals surface area contributed by atoms with Gasteiger partial charge < -0.3 is 25.7 Å². The summed E-state index contributed by atoms with van der Waals surface area (Å²) in [6, 6.07) is 1.60. The summed E-state index contributed by atoms with van der Waals surface area (Å²) in [6.07, 6.45) is -0.202. The quantitative estimate of drug-likeness (QED) is 0.690. The Hall–Kier alpha value is -2.09. The van der Waals surface area contributed by atoms with Crippen LogP contribution in [0, 0.1) is 0 Å². The van der Waals surface area contributed by atoms with Crippen LogP contribution in [0.25, 0.3) is 0 Å². The van der Waals surface area contributed by atoms with Gasteiger partial charge in [-0.3, -0.25) is 0 Å². The van der Waals surface area contributed by atoms with Gasteiger partial charge in [0.05, 0.1) is 18.3 Å². The molecule has 1 unspecified atom stereocenters. The first kappa shape index (κ1) is 13.3. The van der Waals surface area contributed by atoms with Crippen LogP contribution in [0.2, 0.25) is 0 Å². The average molecular weight is 267 g/mol. The van der Waals surface area contributed by atoms with Gasteiger partial charge >= 0.3 is 6.09 Å². The second-order valence-corrected chi connectivity index (χ2v) is 4.52. The van der Waals surface area contributed by atoms with Crippen LogP contribution in [0.3, 0.4) is 0 Å². The summed E-state index contributed by atoms with van der Waals surface area (Å²) < 4.78 is 0. The van der Waals surface area contributed by atoms with Crippen molar-refractivity contribution in [3.8, 4) is 0 Å². The van der Waals surface area contributed by atoms with Gasteiger partial charge in [-0.1, -0.05) is 0 Å². The topological polar surface area (TPSA) is 116 Å². The molecule has 8 heteroatoms. The van der Waals surface area contributed by atoms with Crippen LogP contribution in [0.15, 0.2) is 6.07 Å². The van der Waals surface area contributed by atoms with Crippen molar-refractivity contribution in [1.82, 2.24) is 14.9 Å². The third-order valence-corrected chi connectivity index (χ3v) is 3.28. The second kappa shape index (κ2) is 5.27. The van der Waals surface area contributed by atoms with E-state index in [1.807, 2.05) is 4.90 Å². The van der Waals surface area contributed by atoms with Crippen LogP contribution in [-0.4, -0.2) is 57.4 Å². The molecule has 1 amide bonds. The van der Waals surface area contributed by atoms with Crippen molar-refractivity contribution in [3.63, 3.8) is 0 Å². The number of anilines is 2. The van der Waals surface area contributed by atoms with Gasteiger partial charge in [0.1, 0.15) is 5.82 Å². The van der Waals surface area contributed by atoms with E-state index in [0.29, 0.717) is 24.6 Å². The van der Waals surface area contributed by atoms with E-state index in [1.165, 1.54) is 4.90 Å². The van der Waals surface area contributed by atoms with E-state index in [9.17, 15) is 4.79 Å². The minimum absolute atomic E-state index is 0.0636. The normalized spacial score (nSPS) is 18.6. The molecule has 1 aliphatic heterocycles. The first-order valence-electron chi connectivity index (χ1n) is 5.96. The van der Waals surface area contributed by atoms with E-state index in [4.69, 9.17) is 15.9 Å². The lowest BCUT2D eigenvalue weighted by Gasteiger charge is -2.22. The molecule has 0 aromatic carbocycles. The minimum Gasteiger partial charge on any atom is -0.465 e. The number of carboxylic acid groups (broad SMARTS) is 1. The number of carbonyl (C=O) groups is 1. The van der Waals surface area contributed by atoms with E-state index in [2.05, 4.69) is 9.97 Å². The first-order valence-corrected chi connectivity index (χ1v) is 5.96. The van der Waals surface area contributed by atoms with Crippen molar-refractivity contribution in [2.75, 3.05) is 30.8 Å². The van der Waals surface area contributed by atoms with Crippen molar-refractivity contribution in [2.24, 2.45) is 0 Å². The monoisotopic (exact) mass is 267 g/mol. The van der Waals surface area contributed by atoms with Gasteiger partial charge in [0, 0.05) is 26.2 Å². The summed E-state index contributed by atoms with van der Waals surface area (Å²) in [5.74, 6) is 0.731. The molecule has 19 heavy (non-hydrogen) atoms. The van der Waals surface area contributed by atoms with Crippen molar-refractivity contribution in [2.45, 2.75) is 19.1 Å². The summed E-state index contributed by atoms with van der Waals surface area (Å²) in [7, 11) is 1.56. The van der Waals surface area contributed by atoms with Gasteiger partial charge in [0.15, 0.2) is 0 Å². The van der Waals surface area contributed by atoms with Crippen LogP contribution in [-0.2, 0) is 6.61 Å². The molecule has 0 radical (unpaired) electrons. The van der Waals surface area contributed by atoms with Gasteiger partial charge in [0.2, 0.25) is 5.95 Å².